The Hall–Kier alpha value is -4.40. The van der Waals surface area contributed by atoms with Crippen molar-refractivity contribution in [2.75, 3.05) is 6.54 Å². The van der Waals surface area contributed by atoms with Gasteiger partial charge in [0.1, 0.15) is 23.9 Å². The maximum atomic E-state index is 13.3. The van der Waals surface area contributed by atoms with Crippen LogP contribution in [0.3, 0.4) is 0 Å². The van der Waals surface area contributed by atoms with Crippen LogP contribution >= 0.6 is 0 Å². The summed E-state index contributed by atoms with van der Waals surface area (Å²) in [5, 5.41) is 35.4. The third-order valence-electron chi connectivity index (χ3n) is 5.91. The SMILES string of the molecule is CC(C)CC(NC(=O)C(CCC(=O)O)NC(=O)C(CCCN=C(N)N)NC(=O)C(N)Cc1ccc(O)cc1)C(=O)O. The lowest BCUT2D eigenvalue weighted by molar-refractivity contribution is -0.143. The number of carbonyl (C=O) groups is 5. The number of phenolic OH excluding ortho intramolecular Hbond substituents is 1. The van der Waals surface area contributed by atoms with Crippen LogP contribution in [-0.4, -0.2) is 81.7 Å². The second-order valence-corrected chi connectivity index (χ2v) is 10.0. The molecule has 41 heavy (non-hydrogen) atoms. The highest BCUT2D eigenvalue weighted by atomic mass is 16.4. The molecule has 12 N–H and O–H groups in total. The van der Waals surface area contributed by atoms with Crippen LogP contribution in [-0.2, 0) is 30.4 Å². The molecule has 0 bridgehead atoms. The van der Waals surface area contributed by atoms with E-state index in [1.165, 1.54) is 12.1 Å². The summed E-state index contributed by atoms with van der Waals surface area (Å²) in [4.78, 5) is 65.7. The average Bonchev–Trinajstić information content (AvgIpc) is 2.88. The smallest absolute Gasteiger partial charge is 0.326 e. The summed E-state index contributed by atoms with van der Waals surface area (Å²) in [6, 6.07) is 1.17. The van der Waals surface area contributed by atoms with Crippen molar-refractivity contribution in [3.63, 3.8) is 0 Å². The molecule has 0 aliphatic rings. The van der Waals surface area contributed by atoms with Crippen LogP contribution in [0.15, 0.2) is 29.3 Å². The van der Waals surface area contributed by atoms with E-state index in [1.807, 2.05) is 0 Å². The van der Waals surface area contributed by atoms with Crippen LogP contribution in [0.5, 0.6) is 5.75 Å². The summed E-state index contributed by atoms with van der Waals surface area (Å²) < 4.78 is 0. The first-order valence-corrected chi connectivity index (χ1v) is 13.1. The molecule has 0 aliphatic carbocycles. The maximum absolute atomic E-state index is 13.3. The van der Waals surface area contributed by atoms with Crippen molar-refractivity contribution in [2.24, 2.45) is 28.1 Å². The average molecular weight is 580 g/mol. The molecule has 0 aromatic heterocycles. The van der Waals surface area contributed by atoms with E-state index in [0.29, 0.717) is 5.56 Å². The maximum Gasteiger partial charge on any atom is 0.326 e. The van der Waals surface area contributed by atoms with Crippen molar-refractivity contribution in [1.29, 1.82) is 0 Å². The number of aliphatic carboxylic acids is 2. The first kappa shape index (κ1) is 34.6. The van der Waals surface area contributed by atoms with Crippen LogP contribution in [0.4, 0.5) is 0 Å². The van der Waals surface area contributed by atoms with Crippen LogP contribution < -0.4 is 33.2 Å². The Morgan fingerprint density at radius 3 is 1.90 bits per heavy atom. The molecule has 0 fully saturated rings. The zero-order valence-electron chi connectivity index (χ0n) is 23.2. The lowest BCUT2D eigenvalue weighted by Gasteiger charge is -2.25. The monoisotopic (exact) mass is 579 g/mol. The Kier molecular flexibility index (Phi) is 14.6. The van der Waals surface area contributed by atoms with E-state index in [1.54, 1.807) is 26.0 Å². The van der Waals surface area contributed by atoms with Crippen molar-refractivity contribution in [3.8, 4) is 5.75 Å². The standard InChI is InChI=1S/C26H41N7O8/c1-14(2)12-20(25(40)41)33-24(39)19(9-10-21(35)36)32-23(38)18(4-3-11-30-26(28)29)31-22(37)17(27)13-15-5-7-16(34)8-6-15/h5-8,14,17-20,34H,3-4,9-13,27H2,1-2H3,(H,31,37)(H,32,38)(H,33,39)(H,35,36)(H,40,41)(H4,28,29,30). The molecular formula is C26H41N7O8. The molecule has 0 aliphatic heterocycles. The Bertz CT molecular complexity index is 1070. The van der Waals surface area contributed by atoms with Gasteiger partial charge in [-0.1, -0.05) is 26.0 Å². The lowest BCUT2D eigenvalue weighted by Crippen LogP contribution is -2.57. The topological polar surface area (TPSA) is 273 Å². The van der Waals surface area contributed by atoms with Gasteiger partial charge in [0.25, 0.3) is 0 Å². The van der Waals surface area contributed by atoms with Crippen molar-refractivity contribution in [3.05, 3.63) is 29.8 Å². The Labute approximate surface area is 237 Å². The largest absolute Gasteiger partial charge is 0.508 e. The van der Waals surface area contributed by atoms with Gasteiger partial charge in [0.2, 0.25) is 17.7 Å². The Balaban J connectivity index is 3.07. The second kappa shape index (κ2) is 17.3. The molecule has 0 saturated carbocycles. The molecule has 228 valence electrons. The lowest BCUT2D eigenvalue weighted by atomic mass is 10.0. The number of benzene rings is 1. The van der Waals surface area contributed by atoms with E-state index >= 15 is 0 Å². The van der Waals surface area contributed by atoms with Gasteiger partial charge in [0.15, 0.2) is 5.96 Å². The zero-order chi connectivity index (χ0) is 31.1. The summed E-state index contributed by atoms with van der Waals surface area (Å²) in [5.74, 6) is -5.04. The Morgan fingerprint density at radius 2 is 1.39 bits per heavy atom. The van der Waals surface area contributed by atoms with E-state index in [4.69, 9.17) is 22.3 Å². The minimum absolute atomic E-state index is 0.0403. The molecule has 15 nitrogen and oxygen atoms in total. The molecule has 0 saturated heterocycles. The fourth-order valence-corrected chi connectivity index (χ4v) is 3.80. The number of aliphatic imine (C=N–C) groups is 1. The van der Waals surface area contributed by atoms with Crippen molar-refractivity contribution in [2.45, 2.75) is 76.5 Å². The quantitative estimate of drug-likeness (QED) is 0.0564. The van der Waals surface area contributed by atoms with E-state index in [-0.39, 0.29) is 56.3 Å². The minimum Gasteiger partial charge on any atom is -0.508 e. The zero-order valence-corrected chi connectivity index (χ0v) is 23.2. The number of carbonyl (C=O) groups excluding carboxylic acids is 3. The van der Waals surface area contributed by atoms with Gasteiger partial charge in [-0.15, -0.1) is 0 Å². The fraction of sp³-hybridized carbons (Fsp3) is 0.538. The summed E-state index contributed by atoms with van der Waals surface area (Å²) >= 11 is 0. The molecule has 0 radical (unpaired) electrons. The van der Waals surface area contributed by atoms with Crippen LogP contribution in [0.2, 0.25) is 0 Å². The number of hydrogen-bond donors (Lipinski definition) is 9. The van der Waals surface area contributed by atoms with E-state index in [0.717, 1.165) is 0 Å². The normalized spacial score (nSPS) is 13.8. The third kappa shape index (κ3) is 14.0. The van der Waals surface area contributed by atoms with Gasteiger partial charge in [-0.2, -0.15) is 0 Å². The molecule has 0 heterocycles. The number of aromatic hydroxyl groups is 1. The highest BCUT2D eigenvalue weighted by Crippen LogP contribution is 2.12. The summed E-state index contributed by atoms with van der Waals surface area (Å²) in [7, 11) is 0. The third-order valence-corrected chi connectivity index (χ3v) is 5.91. The highest BCUT2D eigenvalue weighted by molar-refractivity contribution is 5.94. The molecule has 4 unspecified atom stereocenters. The van der Waals surface area contributed by atoms with Gasteiger partial charge in [-0.3, -0.25) is 24.2 Å². The number of nitrogens with one attached hydrogen (secondary N) is 3. The number of rotatable bonds is 18. The van der Waals surface area contributed by atoms with Gasteiger partial charge in [-0.25, -0.2) is 4.79 Å². The number of carboxylic acid groups (broad SMARTS) is 2. The van der Waals surface area contributed by atoms with Crippen LogP contribution in [0.1, 0.15) is 51.5 Å². The summed E-state index contributed by atoms with van der Waals surface area (Å²) in [6.07, 6.45) is -0.299. The van der Waals surface area contributed by atoms with Crippen LogP contribution in [0.25, 0.3) is 0 Å². The predicted molar refractivity (Wildman–Crippen MR) is 149 cm³/mol. The first-order chi connectivity index (χ1) is 19.2. The molecule has 0 spiro atoms. The van der Waals surface area contributed by atoms with Gasteiger partial charge in [0, 0.05) is 13.0 Å². The van der Waals surface area contributed by atoms with Crippen molar-refractivity contribution >= 4 is 35.6 Å². The van der Waals surface area contributed by atoms with E-state index < -0.39 is 60.2 Å². The van der Waals surface area contributed by atoms with Crippen LogP contribution in [0, 0.1) is 5.92 Å². The number of nitrogens with two attached hydrogens (primary N) is 3. The van der Waals surface area contributed by atoms with Gasteiger partial charge in [0.05, 0.1) is 6.04 Å². The van der Waals surface area contributed by atoms with Gasteiger partial charge in [-0.05, 0) is 55.7 Å². The van der Waals surface area contributed by atoms with E-state index in [2.05, 4.69) is 20.9 Å². The molecule has 1 aromatic rings. The Morgan fingerprint density at radius 1 is 0.854 bits per heavy atom. The van der Waals surface area contributed by atoms with Crippen molar-refractivity contribution < 1.29 is 39.3 Å². The molecule has 4 atom stereocenters. The molecule has 3 amide bonds. The summed E-state index contributed by atoms with van der Waals surface area (Å²) in [6.45, 7) is 3.68. The van der Waals surface area contributed by atoms with Gasteiger partial charge < -0.3 is 48.5 Å². The van der Waals surface area contributed by atoms with Crippen molar-refractivity contribution in [1.82, 2.24) is 16.0 Å². The number of hydrogen-bond acceptors (Lipinski definition) is 8. The molecule has 15 heteroatoms. The highest BCUT2D eigenvalue weighted by Gasteiger charge is 2.31. The number of guanidine groups is 1. The molecular weight excluding hydrogens is 538 g/mol. The predicted octanol–water partition coefficient (Wildman–Crippen LogP) is -1.23. The minimum atomic E-state index is -1.39. The van der Waals surface area contributed by atoms with Gasteiger partial charge >= 0.3 is 11.9 Å². The van der Waals surface area contributed by atoms with E-state index in [9.17, 15) is 34.2 Å². The fourth-order valence-electron chi connectivity index (χ4n) is 3.80. The molecule has 1 aromatic carbocycles. The number of nitrogens with zero attached hydrogens (tertiary/aromatic N) is 1. The number of amides is 3. The number of phenols is 1. The number of carboxylic acids is 2. The second-order valence-electron chi connectivity index (χ2n) is 10.0. The summed E-state index contributed by atoms with van der Waals surface area (Å²) in [5.41, 5.74) is 17.4. The first-order valence-electron chi connectivity index (χ1n) is 13.1. The molecule has 1 rings (SSSR count).